The van der Waals surface area contributed by atoms with E-state index in [0.29, 0.717) is 36.2 Å². The van der Waals surface area contributed by atoms with Crippen LogP contribution >= 0.6 is 11.3 Å². The summed E-state index contributed by atoms with van der Waals surface area (Å²) in [4.78, 5) is 13.8. The van der Waals surface area contributed by atoms with Crippen LogP contribution in [0.2, 0.25) is 0 Å². The van der Waals surface area contributed by atoms with E-state index >= 15 is 0 Å². The van der Waals surface area contributed by atoms with Crippen LogP contribution < -0.4 is 5.32 Å². The number of nitrogens with one attached hydrogen (secondary N) is 1. The van der Waals surface area contributed by atoms with E-state index in [1.54, 1.807) is 7.05 Å². The fraction of sp³-hybridized carbons (Fsp3) is 0.769. The molecule has 2 rings (SSSR count). The van der Waals surface area contributed by atoms with Crippen molar-refractivity contribution in [3.8, 4) is 0 Å². The molecule has 1 amide bonds. The van der Waals surface area contributed by atoms with E-state index in [-0.39, 0.29) is 12.5 Å². The molecule has 1 fully saturated rings. The van der Waals surface area contributed by atoms with Gasteiger partial charge in [-0.15, -0.1) is 10.2 Å². The van der Waals surface area contributed by atoms with Gasteiger partial charge in [0.25, 0.3) is 5.91 Å². The number of aliphatic hydroxyl groups is 1. The molecule has 21 heavy (non-hydrogen) atoms. The third-order valence-electron chi connectivity index (χ3n) is 3.44. The molecule has 1 saturated heterocycles. The third kappa shape index (κ3) is 4.36. The topological polar surface area (TPSA) is 87.6 Å². The average molecular weight is 314 g/mol. The quantitative estimate of drug-likeness (QED) is 0.813. The molecule has 8 heteroatoms. The summed E-state index contributed by atoms with van der Waals surface area (Å²) in [6, 6.07) is 0. The molecule has 2 N–H and O–H groups in total. The van der Waals surface area contributed by atoms with Gasteiger partial charge in [-0.05, 0) is 6.42 Å². The van der Waals surface area contributed by atoms with Crippen molar-refractivity contribution in [3.63, 3.8) is 0 Å². The summed E-state index contributed by atoms with van der Waals surface area (Å²) in [6.07, 6.45) is 2.08. The molecule has 0 aromatic carbocycles. The lowest BCUT2D eigenvalue weighted by Gasteiger charge is -2.35. The highest BCUT2D eigenvalue weighted by molar-refractivity contribution is 7.17. The maximum absolute atomic E-state index is 12.3. The van der Waals surface area contributed by atoms with E-state index < -0.39 is 5.60 Å². The second-order valence-corrected chi connectivity index (χ2v) is 6.31. The number of aromatic nitrogens is 2. The van der Waals surface area contributed by atoms with Gasteiger partial charge in [-0.25, -0.2) is 0 Å². The van der Waals surface area contributed by atoms with Crippen molar-refractivity contribution in [1.29, 1.82) is 0 Å². The molecule has 1 aromatic rings. The van der Waals surface area contributed by atoms with Crippen LogP contribution in [0.15, 0.2) is 0 Å². The number of carbonyl (C=O) groups is 1. The van der Waals surface area contributed by atoms with E-state index in [4.69, 9.17) is 4.74 Å². The molecule has 1 aliphatic rings. The number of amides is 1. The van der Waals surface area contributed by atoms with E-state index in [2.05, 4.69) is 22.4 Å². The number of anilines is 1. The highest BCUT2D eigenvalue weighted by Gasteiger charge is 2.33. The Balaban J connectivity index is 1.93. The van der Waals surface area contributed by atoms with Gasteiger partial charge in [0.05, 0.1) is 5.60 Å². The molecule has 0 unspecified atom stereocenters. The number of hydrogen-bond acceptors (Lipinski definition) is 7. The Morgan fingerprint density at radius 3 is 2.86 bits per heavy atom. The Morgan fingerprint density at radius 1 is 1.48 bits per heavy atom. The maximum Gasteiger partial charge on any atom is 0.284 e. The highest BCUT2D eigenvalue weighted by atomic mass is 32.1. The van der Waals surface area contributed by atoms with Crippen molar-refractivity contribution in [2.24, 2.45) is 0 Å². The third-order valence-corrected chi connectivity index (χ3v) is 4.30. The number of ether oxygens (including phenoxy) is 1. The Bertz CT molecular complexity index is 474. The number of likely N-dealkylation sites (N-methyl/N-ethyl adjacent to an activating group) is 1. The summed E-state index contributed by atoms with van der Waals surface area (Å²) < 4.78 is 5.24. The second-order valence-electron chi connectivity index (χ2n) is 5.34. The SMILES string of the molecule is CCCNc1nnc(C(=O)N(C)CC2(O)CCOCC2)s1. The molecular formula is C13H22N4O3S. The van der Waals surface area contributed by atoms with Gasteiger partial charge in [-0.1, -0.05) is 18.3 Å². The molecule has 118 valence electrons. The minimum Gasteiger partial charge on any atom is -0.388 e. The second kappa shape index (κ2) is 7.15. The van der Waals surface area contributed by atoms with Gasteiger partial charge in [0.2, 0.25) is 10.1 Å². The zero-order valence-electron chi connectivity index (χ0n) is 12.5. The van der Waals surface area contributed by atoms with Gasteiger partial charge in [0, 0.05) is 46.2 Å². The molecule has 1 aliphatic heterocycles. The molecule has 0 aliphatic carbocycles. The molecule has 1 aromatic heterocycles. The van der Waals surface area contributed by atoms with Gasteiger partial charge in [-0.3, -0.25) is 4.79 Å². The first-order valence-corrected chi connectivity index (χ1v) is 7.99. The summed E-state index contributed by atoms with van der Waals surface area (Å²) in [5.74, 6) is -0.211. The predicted octanol–water partition coefficient (Wildman–Crippen LogP) is 0.973. The molecule has 0 atom stereocenters. The van der Waals surface area contributed by atoms with Crippen LogP contribution in [0.4, 0.5) is 5.13 Å². The molecule has 7 nitrogen and oxygen atoms in total. The molecule has 0 saturated carbocycles. The van der Waals surface area contributed by atoms with Crippen LogP contribution in [-0.4, -0.2) is 65.1 Å². The summed E-state index contributed by atoms with van der Waals surface area (Å²) in [7, 11) is 1.68. The zero-order chi connectivity index (χ0) is 15.3. The predicted molar refractivity (Wildman–Crippen MR) is 80.7 cm³/mol. The van der Waals surface area contributed by atoms with Crippen molar-refractivity contribution >= 4 is 22.4 Å². The van der Waals surface area contributed by atoms with E-state index in [0.717, 1.165) is 13.0 Å². The fourth-order valence-electron chi connectivity index (χ4n) is 2.20. The van der Waals surface area contributed by atoms with Gasteiger partial charge >= 0.3 is 0 Å². The van der Waals surface area contributed by atoms with Crippen LogP contribution in [0.3, 0.4) is 0 Å². The number of hydrogen-bond donors (Lipinski definition) is 2. The molecule has 0 spiro atoms. The average Bonchev–Trinajstić information content (AvgIpc) is 2.93. The first-order chi connectivity index (χ1) is 10.0. The summed E-state index contributed by atoms with van der Waals surface area (Å²) in [6.45, 7) is 4.21. The van der Waals surface area contributed by atoms with Crippen LogP contribution in [0, 0.1) is 0 Å². The van der Waals surface area contributed by atoms with E-state index in [1.165, 1.54) is 16.2 Å². The fourth-order valence-corrected chi connectivity index (χ4v) is 2.96. The van der Waals surface area contributed by atoms with Crippen LogP contribution in [-0.2, 0) is 4.74 Å². The van der Waals surface area contributed by atoms with Gasteiger partial charge in [0.15, 0.2) is 0 Å². The summed E-state index contributed by atoms with van der Waals surface area (Å²) in [5, 5.41) is 22.4. The Kier molecular flexibility index (Phi) is 5.49. The highest BCUT2D eigenvalue weighted by Crippen LogP contribution is 2.23. The Morgan fingerprint density at radius 2 is 2.19 bits per heavy atom. The number of rotatable bonds is 6. The van der Waals surface area contributed by atoms with Crippen LogP contribution in [0.25, 0.3) is 0 Å². The van der Waals surface area contributed by atoms with Crippen molar-refractivity contribution in [2.45, 2.75) is 31.8 Å². The van der Waals surface area contributed by atoms with Crippen LogP contribution in [0.1, 0.15) is 36.0 Å². The van der Waals surface area contributed by atoms with Gasteiger partial charge < -0.3 is 20.1 Å². The Hall–Kier alpha value is -1.25. The van der Waals surface area contributed by atoms with E-state index in [9.17, 15) is 9.90 Å². The van der Waals surface area contributed by atoms with Crippen molar-refractivity contribution in [1.82, 2.24) is 15.1 Å². The lowest BCUT2D eigenvalue weighted by Crippen LogP contribution is -2.47. The molecule has 0 radical (unpaired) electrons. The largest absolute Gasteiger partial charge is 0.388 e. The minimum atomic E-state index is -0.864. The monoisotopic (exact) mass is 314 g/mol. The van der Waals surface area contributed by atoms with E-state index in [1.807, 2.05) is 0 Å². The van der Waals surface area contributed by atoms with Crippen molar-refractivity contribution < 1.29 is 14.6 Å². The zero-order valence-corrected chi connectivity index (χ0v) is 13.3. The Labute approximate surface area is 128 Å². The van der Waals surface area contributed by atoms with Crippen molar-refractivity contribution in [2.75, 3.05) is 38.7 Å². The van der Waals surface area contributed by atoms with Crippen LogP contribution in [0.5, 0.6) is 0 Å². The number of nitrogens with zero attached hydrogens (tertiary/aromatic N) is 3. The first-order valence-electron chi connectivity index (χ1n) is 7.17. The van der Waals surface area contributed by atoms with Gasteiger partial charge in [0.1, 0.15) is 0 Å². The lowest BCUT2D eigenvalue weighted by atomic mass is 9.94. The smallest absolute Gasteiger partial charge is 0.284 e. The maximum atomic E-state index is 12.3. The normalized spacial score (nSPS) is 17.5. The first kappa shape index (κ1) is 16.1. The molecular weight excluding hydrogens is 292 g/mol. The molecule has 0 bridgehead atoms. The minimum absolute atomic E-state index is 0.211. The lowest BCUT2D eigenvalue weighted by molar-refractivity contribution is -0.0734. The van der Waals surface area contributed by atoms with Crippen molar-refractivity contribution in [3.05, 3.63) is 5.01 Å². The summed E-state index contributed by atoms with van der Waals surface area (Å²) in [5.41, 5.74) is -0.864. The summed E-state index contributed by atoms with van der Waals surface area (Å²) >= 11 is 1.24. The standard InChI is InChI=1S/C13H22N4O3S/c1-3-6-14-12-16-15-10(21-12)11(18)17(2)9-13(19)4-7-20-8-5-13/h19H,3-9H2,1-2H3,(H,14,16). The van der Waals surface area contributed by atoms with Gasteiger partial charge in [-0.2, -0.15) is 0 Å². The molecule has 2 heterocycles. The number of carbonyl (C=O) groups excluding carboxylic acids is 1.